The molecule has 0 radical (unpaired) electrons. The lowest BCUT2D eigenvalue weighted by atomic mass is 10.1. The maximum atomic E-state index is 12.3. The fourth-order valence-corrected chi connectivity index (χ4v) is 3.16. The normalized spacial score (nSPS) is 12.5. The SMILES string of the molecule is Cn1c(N)c(C(=O)COC(=O)COc2ccc3c(c2)CCC3)c(=O)n(C)c1=O. The molecule has 2 N–H and O–H groups in total. The van der Waals surface area contributed by atoms with Gasteiger partial charge >= 0.3 is 11.7 Å². The average Bonchev–Trinajstić information content (AvgIpc) is 3.15. The van der Waals surface area contributed by atoms with Crippen LogP contribution in [0.2, 0.25) is 0 Å². The maximum Gasteiger partial charge on any atom is 0.344 e. The second-order valence-corrected chi connectivity index (χ2v) is 6.62. The van der Waals surface area contributed by atoms with Gasteiger partial charge in [0.15, 0.2) is 13.2 Å². The molecule has 0 bridgehead atoms. The van der Waals surface area contributed by atoms with Gasteiger partial charge in [-0.25, -0.2) is 9.59 Å². The predicted octanol–water partition coefficient (Wildman–Crippen LogP) is -0.0402. The van der Waals surface area contributed by atoms with E-state index in [2.05, 4.69) is 0 Å². The summed E-state index contributed by atoms with van der Waals surface area (Å²) in [6.45, 7) is -1.04. The highest BCUT2D eigenvalue weighted by molar-refractivity contribution is 6.01. The molecule has 9 nitrogen and oxygen atoms in total. The number of benzene rings is 1. The third-order valence-corrected chi connectivity index (χ3v) is 4.78. The fraction of sp³-hybridized carbons (Fsp3) is 0.368. The van der Waals surface area contributed by atoms with Gasteiger partial charge in [0.25, 0.3) is 5.56 Å². The Bertz CT molecular complexity index is 1070. The zero-order valence-electron chi connectivity index (χ0n) is 15.7. The van der Waals surface area contributed by atoms with Gasteiger partial charge in [-0.3, -0.25) is 18.7 Å². The molecule has 0 saturated heterocycles. The standard InChI is InChI=1S/C19H21N3O6/c1-21-17(20)16(18(25)22(2)19(21)26)14(23)9-28-15(24)10-27-13-7-6-11-4-3-5-12(11)8-13/h6-8H,3-5,9-10,20H2,1-2H3. The van der Waals surface area contributed by atoms with Crippen LogP contribution in [-0.4, -0.2) is 34.1 Å². The van der Waals surface area contributed by atoms with E-state index in [0.29, 0.717) is 5.75 Å². The van der Waals surface area contributed by atoms with Crippen LogP contribution in [0.15, 0.2) is 27.8 Å². The van der Waals surface area contributed by atoms with Crippen molar-refractivity contribution in [1.29, 1.82) is 0 Å². The van der Waals surface area contributed by atoms with E-state index in [-0.39, 0.29) is 12.4 Å². The molecular formula is C19H21N3O6. The highest BCUT2D eigenvalue weighted by Gasteiger charge is 2.21. The second kappa shape index (κ2) is 7.71. The first-order chi connectivity index (χ1) is 13.3. The van der Waals surface area contributed by atoms with Crippen molar-refractivity contribution in [1.82, 2.24) is 9.13 Å². The smallest absolute Gasteiger partial charge is 0.344 e. The number of rotatable bonds is 6. The monoisotopic (exact) mass is 387 g/mol. The third-order valence-electron chi connectivity index (χ3n) is 4.78. The number of ketones is 1. The minimum absolute atomic E-state index is 0.275. The van der Waals surface area contributed by atoms with Gasteiger partial charge in [0, 0.05) is 14.1 Å². The van der Waals surface area contributed by atoms with Gasteiger partial charge in [-0.15, -0.1) is 0 Å². The van der Waals surface area contributed by atoms with Crippen LogP contribution < -0.4 is 21.7 Å². The van der Waals surface area contributed by atoms with Gasteiger partial charge < -0.3 is 15.2 Å². The van der Waals surface area contributed by atoms with Crippen molar-refractivity contribution >= 4 is 17.6 Å². The lowest BCUT2D eigenvalue weighted by Crippen LogP contribution is -2.42. The van der Waals surface area contributed by atoms with Crippen molar-refractivity contribution in [2.45, 2.75) is 19.3 Å². The van der Waals surface area contributed by atoms with Crippen LogP contribution in [0.3, 0.4) is 0 Å². The van der Waals surface area contributed by atoms with Crippen LogP contribution in [0.4, 0.5) is 5.82 Å². The summed E-state index contributed by atoms with van der Waals surface area (Å²) >= 11 is 0. The van der Waals surface area contributed by atoms with E-state index >= 15 is 0 Å². The molecule has 0 atom stereocenters. The molecule has 2 aromatic rings. The molecule has 1 aliphatic carbocycles. The summed E-state index contributed by atoms with van der Waals surface area (Å²) in [5.41, 5.74) is 6.32. The molecule has 1 heterocycles. The molecule has 0 fully saturated rings. The maximum absolute atomic E-state index is 12.3. The van der Waals surface area contributed by atoms with E-state index in [9.17, 15) is 19.2 Å². The van der Waals surface area contributed by atoms with Crippen molar-refractivity contribution < 1.29 is 19.1 Å². The zero-order chi connectivity index (χ0) is 20.4. The van der Waals surface area contributed by atoms with Gasteiger partial charge in [0.2, 0.25) is 5.78 Å². The number of hydrogen-bond acceptors (Lipinski definition) is 7. The van der Waals surface area contributed by atoms with Gasteiger partial charge in [-0.05, 0) is 42.5 Å². The molecule has 1 aromatic carbocycles. The first-order valence-corrected chi connectivity index (χ1v) is 8.78. The molecule has 9 heteroatoms. The summed E-state index contributed by atoms with van der Waals surface area (Å²) in [7, 11) is 2.57. The van der Waals surface area contributed by atoms with Crippen molar-refractivity contribution in [2.75, 3.05) is 18.9 Å². The van der Waals surface area contributed by atoms with Crippen LogP contribution in [0.25, 0.3) is 0 Å². The van der Waals surface area contributed by atoms with E-state index in [1.54, 1.807) is 6.07 Å². The Balaban J connectivity index is 1.60. The number of carbonyl (C=O) groups excluding carboxylic acids is 2. The number of nitrogens with two attached hydrogens (primary N) is 1. The molecule has 0 aliphatic heterocycles. The predicted molar refractivity (Wildman–Crippen MR) is 101 cm³/mol. The Kier molecular flexibility index (Phi) is 5.34. The van der Waals surface area contributed by atoms with Crippen LogP contribution >= 0.6 is 0 Å². The van der Waals surface area contributed by atoms with Crippen molar-refractivity contribution in [2.24, 2.45) is 14.1 Å². The quantitative estimate of drug-likeness (QED) is 0.545. The number of fused-ring (bicyclic) bond motifs is 1. The first-order valence-electron chi connectivity index (χ1n) is 8.78. The summed E-state index contributed by atoms with van der Waals surface area (Å²) in [5.74, 6) is -1.27. The molecular weight excluding hydrogens is 366 g/mol. The molecule has 0 amide bonds. The molecule has 0 spiro atoms. The number of aromatic nitrogens is 2. The Labute approximate surface area is 160 Å². The van der Waals surface area contributed by atoms with Gasteiger partial charge in [0.05, 0.1) is 0 Å². The van der Waals surface area contributed by atoms with Crippen LogP contribution in [0, 0.1) is 0 Å². The largest absolute Gasteiger partial charge is 0.482 e. The molecule has 1 aromatic heterocycles. The Hall–Kier alpha value is -3.36. The molecule has 28 heavy (non-hydrogen) atoms. The minimum Gasteiger partial charge on any atom is -0.482 e. The van der Waals surface area contributed by atoms with E-state index in [0.717, 1.165) is 28.4 Å². The van der Waals surface area contributed by atoms with E-state index in [4.69, 9.17) is 15.2 Å². The number of carbonyl (C=O) groups is 2. The molecule has 1 aliphatic rings. The second-order valence-electron chi connectivity index (χ2n) is 6.62. The lowest BCUT2D eigenvalue weighted by Gasteiger charge is -2.11. The Morgan fingerprint density at radius 3 is 2.54 bits per heavy atom. The first kappa shape index (κ1) is 19.4. The number of anilines is 1. The highest BCUT2D eigenvalue weighted by atomic mass is 16.6. The summed E-state index contributed by atoms with van der Waals surface area (Å²) in [4.78, 5) is 48.1. The molecule has 148 valence electrons. The van der Waals surface area contributed by atoms with Gasteiger partial charge in [-0.2, -0.15) is 0 Å². The Morgan fingerprint density at radius 2 is 1.79 bits per heavy atom. The lowest BCUT2D eigenvalue weighted by molar-refractivity contribution is -0.144. The van der Waals surface area contributed by atoms with Gasteiger partial charge in [-0.1, -0.05) is 6.07 Å². The average molecular weight is 387 g/mol. The van der Waals surface area contributed by atoms with E-state index in [1.165, 1.54) is 25.2 Å². The molecule has 3 rings (SSSR count). The number of aryl methyl sites for hydroxylation is 2. The summed E-state index contributed by atoms with van der Waals surface area (Å²) < 4.78 is 12.0. The molecule has 0 saturated carbocycles. The van der Waals surface area contributed by atoms with Crippen molar-refractivity contribution in [3.8, 4) is 5.75 Å². The van der Waals surface area contributed by atoms with Crippen molar-refractivity contribution in [3.63, 3.8) is 0 Å². The fourth-order valence-electron chi connectivity index (χ4n) is 3.16. The summed E-state index contributed by atoms with van der Waals surface area (Å²) in [5, 5.41) is 0. The van der Waals surface area contributed by atoms with Gasteiger partial charge in [0.1, 0.15) is 17.1 Å². The minimum atomic E-state index is -0.837. The van der Waals surface area contributed by atoms with Crippen LogP contribution in [-0.2, 0) is 36.5 Å². The summed E-state index contributed by atoms with van der Waals surface area (Å²) in [6, 6.07) is 5.66. The number of nitrogens with zero attached hydrogens (tertiary/aromatic N) is 2. The number of ether oxygens (including phenoxy) is 2. The Morgan fingerprint density at radius 1 is 1.07 bits per heavy atom. The number of esters is 1. The van der Waals surface area contributed by atoms with Crippen molar-refractivity contribution in [3.05, 3.63) is 55.7 Å². The highest BCUT2D eigenvalue weighted by Crippen LogP contribution is 2.25. The number of nitrogen functional groups attached to an aromatic ring is 1. The van der Waals surface area contributed by atoms with E-state index < -0.39 is 35.2 Å². The van der Waals surface area contributed by atoms with Crippen LogP contribution in [0.5, 0.6) is 5.75 Å². The zero-order valence-corrected chi connectivity index (χ0v) is 15.7. The molecule has 0 unspecified atom stereocenters. The number of Topliss-reactive ketones (excluding diaryl/α,β-unsaturated/α-hetero) is 1. The summed E-state index contributed by atoms with van der Waals surface area (Å²) in [6.07, 6.45) is 3.14. The topological polar surface area (TPSA) is 123 Å². The number of hydrogen-bond donors (Lipinski definition) is 1. The van der Waals surface area contributed by atoms with E-state index in [1.807, 2.05) is 12.1 Å². The van der Waals surface area contributed by atoms with Crippen LogP contribution in [0.1, 0.15) is 27.9 Å². The third kappa shape index (κ3) is 3.68.